The number of ether oxygens (including phenoxy) is 3. The molecule has 0 spiro atoms. The molecule has 0 amide bonds. The van der Waals surface area contributed by atoms with Crippen molar-refractivity contribution in [1.29, 1.82) is 0 Å². The number of unbranched alkanes of at least 4 members (excludes halogenated alkanes) is 52. The minimum atomic E-state index is -0.763. The van der Waals surface area contributed by atoms with Crippen LogP contribution in [0.4, 0.5) is 0 Å². The number of carbonyl (C=O) groups is 3. The van der Waals surface area contributed by atoms with Crippen LogP contribution < -0.4 is 0 Å². The molecular weight excluding hydrogens is 901 g/mol. The SMILES string of the molecule is CCCCCCCCCCCCCCCCCCCCCC(=O)OC[C@@H](COC(=O)CCCCCCCCCCCCCCCCCCCC)OC(=O)CCCCCCCCCCCCCCCCCCCC. The molecule has 73 heavy (non-hydrogen) atoms. The van der Waals surface area contributed by atoms with Gasteiger partial charge in [0.1, 0.15) is 13.2 Å². The van der Waals surface area contributed by atoms with Gasteiger partial charge in [-0.2, -0.15) is 0 Å². The number of carbonyl (C=O) groups excluding carboxylic acids is 3. The van der Waals surface area contributed by atoms with Crippen molar-refractivity contribution in [2.24, 2.45) is 0 Å². The lowest BCUT2D eigenvalue weighted by Gasteiger charge is -2.18. The van der Waals surface area contributed by atoms with Gasteiger partial charge in [0.05, 0.1) is 0 Å². The fraction of sp³-hybridized carbons (Fsp3) is 0.955. The average Bonchev–Trinajstić information content (AvgIpc) is 3.39. The van der Waals surface area contributed by atoms with Crippen molar-refractivity contribution < 1.29 is 28.6 Å². The normalized spacial score (nSPS) is 11.9. The lowest BCUT2D eigenvalue weighted by molar-refractivity contribution is -0.167. The zero-order valence-corrected chi connectivity index (χ0v) is 50.0. The summed E-state index contributed by atoms with van der Waals surface area (Å²) in [7, 11) is 0. The number of hydrogen-bond donors (Lipinski definition) is 0. The number of hydrogen-bond acceptors (Lipinski definition) is 6. The third-order valence-corrected chi connectivity index (χ3v) is 15.6. The van der Waals surface area contributed by atoms with Gasteiger partial charge in [-0.05, 0) is 19.3 Å². The van der Waals surface area contributed by atoms with Crippen LogP contribution in [-0.4, -0.2) is 37.2 Å². The van der Waals surface area contributed by atoms with Crippen molar-refractivity contribution >= 4 is 17.9 Å². The second-order valence-electron chi connectivity index (χ2n) is 23.1. The van der Waals surface area contributed by atoms with E-state index in [2.05, 4.69) is 20.8 Å². The first-order valence-electron chi connectivity index (χ1n) is 33.5. The molecule has 0 fully saturated rings. The second kappa shape index (κ2) is 62.9. The molecule has 0 aromatic heterocycles. The van der Waals surface area contributed by atoms with Gasteiger partial charge < -0.3 is 14.2 Å². The molecule has 0 unspecified atom stereocenters. The van der Waals surface area contributed by atoms with E-state index in [1.807, 2.05) is 0 Å². The smallest absolute Gasteiger partial charge is 0.306 e. The Morgan fingerprint density at radius 3 is 0.548 bits per heavy atom. The first-order chi connectivity index (χ1) is 36.0. The summed E-state index contributed by atoms with van der Waals surface area (Å²) >= 11 is 0. The van der Waals surface area contributed by atoms with E-state index in [4.69, 9.17) is 14.2 Å². The summed E-state index contributed by atoms with van der Waals surface area (Å²) < 4.78 is 17.0. The standard InChI is InChI=1S/C67H130O6/c1-4-7-10-13-16-19-22-25-28-31-34-37-39-42-45-48-51-54-57-60-66(69)72-63-64(73-67(70)61-58-55-52-49-46-43-40-36-33-30-27-24-21-18-15-12-9-6-3)62-71-65(68)59-56-53-50-47-44-41-38-35-32-29-26-23-20-17-14-11-8-5-2/h64H,4-63H2,1-3H3/t64-/m1/s1. The third-order valence-electron chi connectivity index (χ3n) is 15.6. The summed E-state index contributed by atoms with van der Waals surface area (Å²) in [6.45, 7) is 6.74. The van der Waals surface area contributed by atoms with E-state index in [1.54, 1.807) is 0 Å². The van der Waals surface area contributed by atoms with Crippen LogP contribution in [0.2, 0.25) is 0 Å². The zero-order chi connectivity index (χ0) is 52.9. The minimum Gasteiger partial charge on any atom is -0.462 e. The average molecular weight is 1030 g/mol. The Hall–Kier alpha value is -1.59. The van der Waals surface area contributed by atoms with Gasteiger partial charge in [-0.15, -0.1) is 0 Å². The van der Waals surface area contributed by atoms with E-state index in [1.165, 1.54) is 295 Å². The molecular formula is C67H130O6. The van der Waals surface area contributed by atoms with Gasteiger partial charge in [0.2, 0.25) is 0 Å². The Balaban J connectivity index is 4.27. The molecule has 0 N–H and O–H groups in total. The van der Waals surface area contributed by atoms with Crippen LogP contribution in [0, 0.1) is 0 Å². The van der Waals surface area contributed by atoms with Crippen LogP contribution in [-0.2, 0) is 28.6 Å². The van der Waals surface area contributed by atoms with E-state index >= 15 is 0 Å². The van der Waals surface area contributed by atoms with Gasteiger partial charge >= 0.3 is 17.9 Å². The topological polar surface area (TPSA) is 78.9 Å². The highest BCUT2D eigenvalue weighted by atomic mass is 16.6. The van der Waals surface area contributed by atoms with Crippen molar-refractivity contribution in [3.63, 3.8) is 0 Å². The molecule has 6 nitrogen and oxygen atoms in total. The summed E-state index contributed by atoms with van der Waals surface area (Å²) in [5.41, 5.74) is 0. The van der Waals surface area contributed by atoms with E-state index in [0.717, 1.165) is 57.8 Å². The quantitative estimate of drug-likeness (QED) is 0.0343. The molecule has 0 aliphatic rings. The van der Waals surface area contributed by atoms with E-state index in [9.17, 15) is 14.4 Å². The molecule has 0 aliphatic carbocycles. The maximum Gasteiger partial charge on any atom is 0.306 e. The molecule has 6 heteroatoms. The minimum absolute atomic E-state index is 0.0602. The van der Waals surface area contributed by atoms with E-state index < -0.39 is 6.10 Å². The lowest BCUT2D eigenvalue weighted by Crippen LogP contribution is -2.30. The van der Waals surface area contributed by atoms with Gasteiger partial charge in [0, 0.05) is 19.3 Å². The summed E-state index contributed by atoms with van der Waals surface area (Å²) in [6.07, 6.45) is 72.5. The largest absolute Gasteiger partial charge is 0.462 e. The molecule has 434 valence electrons. The Labute approximate surface area is 457 Å². The maximum absolute atomic E-state index is 12.9. The van der Waals surface area contributed by atoms with Gasteiger partial charge in [0.15, 0.2) is 6.10 Å². The molecule has 0 radical (unpaired) electrons. The van der Waals surface area contributed by atoms with Crippen LogP contribution >= 0.6 is 0 Å². The molecule has 0 saturated carbocycles. The van der Waals surface area contributed by atoms with Crippen LogP contribution in [0.1, 0.15) is 393 Å². The first-order valence-corrected chi connectivity index (χ1v) is 33.5. The van der Waals surface area contributed by atoms with Crippen molar-refractivity contribution in [1.82, 2.24) is 0 Å². The summed E-state index contributed by atoms with van der Waals surface area (Å²) in [5.74, 6) is -0.820. The first kappa shape index (κ1) is 71.4. The van der Waals surface area contributed by atoms with Gasteiger partial charge in [-0.25, -0.2) is 0 Å². The second-order valence-corrected chi connectivity index (χ2v) is 23.1. The molecule has 0 aliphatic heterocycles. The Bertz CT molecular complexity index is 1090. The van der Waals surface area contributed by atoms with Crippen LogP contribution in [0.5, 0.6) is 0 Å². The molecule has 0 heterocycles. The fourth-order valence-corrected chi connectivity index (χ4v) is 10.6. The summed E-state index contributed by atoms with van der Waals surface area (Å²) in [4.78, 5) is 38.4. The summed E-state index contributed by atoms with van der Waals surface area (Å²) in [6, 6.07) is 0. The predicted octanol–water partition coefficient (Wildman–Crippen LogP) is 22.7. The zero-order valence-electron chi connectivity index (χ0n) is 50.0. The van der Waals surface area contributed by atoms with Crippen LogP contribution in [0.25, 0.3) is 0 Å². The third kappa shape index (κ3) is 61.1. The Kier molecular flexibility index (Phi) is 61.6. The van der Waals surface area contributed by atoms with Gasteiger partial charge in [0.25, 0.3) is 0 Å². The van der Waals surface area contributed by atoms with Crippen molar-refractivity contribution in [3.8, 4) is 0 Å². The van der Waals surface area contributed by atoms with E-state index in [-0.39, 0.29) is 31.1 Å². The summed E-state index contributed by atoms with van der Waals surface area (Å²) in [5, 5.41) is 0. The number of rotatable bonds is 63. The molecule has 0 rings (SSSR count). The monoisotopic (exact) mass is 1030 g/mol. The Morgan fingerprint density at radius 1 is 0.219 bits per heavy atom. The predicted molar refractivity (Wildman–Crippen MR) is 317 cm³/mol. The maximum atomic E-state index is 12.9. The van der Waals surface area contributed by atoms with Crippen LogP contribution in [0.3, 0.4) is 0 Å². The Morgan fingerprint density at radius 2 is 0.370 bits per heavy atom. The van der Waals surface area contributed by atoms with Crippen molar-refractivity contribution in [3.05, 3.63) is 0 Å². The lowest BCUT2D eigenvalue weighted by atomic mass is 10.0. The number of esters is 3. The molecule has 1 atom stereocenters. The van der Waals surface area contributed by atoms with Crippen molar-refractivity contribution in [2.75, 3.05) is 13.2 Å². The molecule has 0 aromatic carbocycles. The van der Waals surface area contributed by atoms with Crippen molar-refractivity contribution in [2.45, 2.75) is 399 Å². The fourth-order valence-electron chi connectivity index (χ4n) is 10.6. The van der Waals surface area contributed by atoms with Crippen LogP contribution in [0.15, 0.2) is 0 Å². The van der Waals surface area contributed by atoms with Gasteiger partial charge in [-0.1, -0.05) is 355 Å². The molecule has 0 saturated heterocycles. The van der Waals surface area contributed by atoms with Gasteiger partial charge in [-0.3, -0.25) is 14.4 Å². The highest BCUT2D eigenvalue weighted by molar-refractivity contribution is 5.71. The molecule has 0 bridgehead atoms. The highest BCUT2D eigenvalue weighted by Crippen LogP contribution is 2.19. The molecule has 0 aromatic rings. The van der Waals surface area contributed by atoms with E-state index in [0.29, 0.717) is 19.3 Å². The highest BCUT2D eigenvalue weighted by Gasteiger charge is 2.19.